The van der Waals surface area contributed by atoms with E-state index in [1.54, 1.807) is 39.0 Å². The SMILES string of the molecule is CCc1cc(OCc2ccccc2)c(F)cc1-c1ccc2c(-c3nc4c(n3Cc3ccccc3)C[C@@H](C(=O)OCc3ccccc3)N(C(=O)OC(C)(C)C)C4)n[nH]c2c1.CCc1cc(OCc2ccccc2)c(F)cc1-c1ccc2c(-c3nc4c(n3Cc3ccccc3)C[C@@H](C(=O)OCc3ccccc3)NC4)n[nH]c2c1. The predicted octanol–water partition coefficient (Wildman–Crippen LogP) is 18.0. The minimum Gasteiger partial charge on any atom is -0.486 e. The van der Waals surface area contributed by atoms with Crippen molar-refractivity contribution in [3.05, 3.63) is 322 Å². The van der Waals surface area contributed by atoms with Crippen LogP contribution in [0, 0.1) is 11.6 Å². The summed E-state index contributed by atoms with van der Waals surface area (Å²) in [4.78, 5) is 52.5. The minimum atomic E-state index is -0.957. The van der Waals surface area contributed by atoms with Crippen molar-refractivity contribution in [1.29, 1.82) is 0 Å². The lowest BCUT2D eigenvalue weighted by Crippen LogP contribution is -2.51. The molecule has 18 nitrogen and oxygen atoms in total. The molecule has 20 heteroatoms. The van der Waals surface area contributed by atoms with Gasteiger partial charge < -0.3 is 32.8 Å². The Morgan fingerprint density at radius 3 is 1.32 bits per heavy atom. The summed E-state index contributed by atoms with van der Waals surface area (Å²) in [5.41, 5.74) is 16.5. The molecule has 10 aromatic carbocycles. The van der Waals surface area contributed by atoms with E-state index in [4.69, 9.17) is 43.8 Å². The van der Waals surface area contributed by atoms with Crippen LogP contribution in [0.15, 0.2) is 243 Å². The largest absolute Gasteiger partial charge is 0.486 e. The number of benzene rings is 10. The fourth-order valence-electron chi connectivity index (χ4n) is 14.3. The van der Waals surface area contributed by atoms with Crippen molar-refractivity contribution in [1.82, 2.24) is 49.7 Å². The molecule has 1 amide bonds. The van der Waals surface area contributed by atoms with Crippen LogP contribution < -0.4 is 14.8 Å². The number of nitrogens with zero attached hydrogens (tertiary/aromatic N) is 7. The second-order valence-corrected chi connectivity index (χ2v) is 28.8. The number of halogens is 2. The van der Waals surface area contributed by atoms with Crippen LogP contribution in [0.4, 0.5) is 13.6 Å². The maximum absolute atomic E-state index is 15.6. The van der Waals surface area contributed by atoms with E-state index in [2.05, 4.69) is 43.7 Å². The highest BCUT2D eigenvalue weighted by Crippen LogP contribution is 2.40. The van der Waals surface area contributed by atoms with Crippen molar-refractivity contribution in [3.63, 3.8) is 0 Å². The van der Waals surface area contributed by atoms with E-state index < -0.39 is 41.4 Å². The van der Waals surface area contributed by atoms with E-state index in [1.165, 1.54) is 11.0 Å². The van der Waals surface area contributed by atoms with Crippen LogP contribution in [0.5, 0.6) is 11.5 Å². The fourth-order valence-corrected chi connectivity index (χ4v) is 14.3. The molecule has 0 fully saturated rings. The number of carbonyl (C=O) groups excluding carboxylic acids is 3. The Morgan fingerprint density at radius 1 is 0.477 bits per heavy atom. The van der Waals surface area contributed by atoms with E-state index in [0.29, 0.717) is 74.2 Å². The number of esters is 2. The van der Waals surface area contributed by atoms with Crippen LogP contribution >= 0.6 is 0 Å². The molecule has 2 aliphatic rings. The number of aromatic nitrogens is 8. The summed E-state index contributed by atoms with van der Waals surface area (Å²) in [5.74, 6) is 0.0901. The number of carbonyl (C=O) groups is 3. The zero-order chi connectivity index (χ0) is 76.5. The van der Waals surface area contributed by atoms with Gasteiger partial charge in [-0.05, 0) is 149 Å². The average molecular weight is 1480 g/mol. The normalized spacial score (nSPS) is 13.9. The van der Waals surface area contributed by atoms with Gasteiger partial charge in [0.25, 0.3) is 0 Å². The molecule has 0 bridgehead atoms. The summed E-state index contributed by atoms with van der Waals surface area (Å²) in [6.07, 6.45) is 1.35. The molecular formula is C91H84F2N10O8. The van der Waals surface area contributed by atoms with Crippen molar-refractivity contribution in [2.24, 2.45) is 0 Å². The number of ether oxygens (including phenoxy) is 5. The molecular weight excluding hydrogens is 1400 g/mol. The standard InChI is InChI=1S/C48H46FN5O5.C43H38FN5O3/c1-5-34-24-43(57-29-32-17-11-7-12-18-32)38(49)25-37(34)35-21-22-36-39(23-35)51-52-44(36)45-50-40-28-54(47(56)59-48(2,3)4)42(46(55)58-30-33-19-13-8-14-20-33)26-41(40)53(45)27-31-15-9-6-10-16-31;1-2-31-21-40(51-26-29-14-8-4-9-15-29)35(44)22-34(31)32-18-19-33-36(20-32)47-48-41(33)42-46-38-24-45-37(43(50)52-27-30-16-10-5-11-17-30)23-39(38)49(42)25-28-12-6-3-7-13-28/h6-25,42H,5,26-30H2,1-4H3,(H,51,52);3-22,37,45H,2,23-27H2,1H3,(H,47,48)/t42-;37-/m00/s1. The molecule has 2 aliphatic heterocycles. The van der Waals surface area contributed by atoms with Gasteiger partial charge in [0.15, 0.2) is 34.8 Å². The summed E-state index contributed by atoms with van der Waals surface area (Å²) in [6, 6.07) is 75.9. The van der Waals surface area contributed by atoms with Gasteiger partial charge in [-0.1, -0.05) is 208 Å². The van der Waals surface area contributed by atoms with Gasteiger partial charge in [0.2, 0.25) is 0 Å². The van der Waals surface area contributed by atoms with Gasteiger partial charge in [-0.2, -0.15) is 10.2 Å². The van der Waals surface area contributed by atoms with E-state index in [0.717, 1.165) is 106 Å². The third-order valence-corrected chi connectivity index (χ3v) is 20.0. The van der Waals surface area contributed by atoms with Crippen molar-refractivity contribution < 1.29 is 46.8 Å². The fraction of sp³-hybridized carbons (Fsp3) is 0.220. The predicted molar refractivity (Wildman–Crippen MR) is 423 cm³/mol. The molecule has 560 valence electrons. The van der Waals surface area contributed by atoms with Gasteiger partial charge in [-0.3, -0.25) is 25.2 Å². The van der Waals surface area contributed by atoms with Crippen LogP contribution in [0.1, 0.15) is 102 Å². The first kappa shape index (κ1) is 73.7. The molecule has 0 radical (unpaired) electrons. The summed E-state index contributed by atoms with van der Waals surface area (Å²) < 4.78 is 64.4. The maximum Gasteiger partial charge on any atom is 0.411 e. The Balaban J connectivity index is 0.000000177. The molecule has 6 heterocycles. The highest BCUT2D eigenvalue weighted by atomic mass is 19.1. The lowest BCUT2D eigenvalue weighted by atomic mass is 9.96. The molecule has 16 rings (SSSR count). The highest BCUT2D eigenvalue weighted by Gasteiger charge is 2.42. The molecule has 0 aliphatic carbocycles. The van der Waals surface area contributed by atoms with E-state index in [1.807, 2.05) is 213 Å². The quantitative estimate of drug-likeness (QED) is 0.0427. The monoisotopic (exact) mass is 1480 g/mol. The number of rotatable bonds is 22. The Morgan fingerprint density at radius 2 is 0.883 bits per heavy atom. The molecule has 4 aromatic heterocycles. The van der Waals surface area contributed by atoms with Gasteiger partial charge in [0, 0.05) is 54.6 Å². The van der Waals surface area contributed by atoms with Crippen molar-refractivity contribution in [2.45, 2.75) is 131 Å². The Bertz CT molecular complexity index is 5630. The smallest absolute Gasteiger partial charge is 0.411 e. The van der Waals surface area contributed by atoms with Crippen molar-refractivity contribution >= 4 is 39.8 Å². The van der Waals surface area contributed by atoms with Gasteiger partial charge in [0.05, 0.1) is 29.0 Å². The van der Waals surface area contributed by atoms with Crippen molar-refractivity contribution in [3.8, 4) is 56.8 Å². The summed E-state index contributed by atoms with van der Waals surface area (Å²) in [5, 5.41) is 21.0. The lowest BCUT2D eigenvalue weighted by Gasteiger charge is -2.35. The number of amides is 1. The van der Waals surface area contributed by atoms with E-state index in [-0.39, 0.29) is 50.3 Å². The number of H-pyrrole nitrogens is 2. The first-order valence-electron chi connectivity index (χ1n) is 37.4. The third-order valence-electron chi connectivity index (χ3n) is 20.0. The Hall–Kier alpha value is -12.8. The lowest BCUT2D eigenvalue weighted by molar-refractivity contribution is -0.152. The van der Waals surface area contributed by atoms with Gasteiger partial charge >= 0.3 is 18.0 Å². The molecule has 14 aromatic rings. The minimum absolute atomic E-state index is 0.0348. The number of imidazole rings is 2. The van der Waals surface area contributed by atoms with Crippen LogP contribution in [-0.2, 0) is 102 Å². The van der Waals surface area contributed by atoms with E-state index >= 15 is 8.78 Å². The first-order chi connectivity index (χ1) is 54.1. The van der Waals surface area contributed by atoms with Crippen LogP contribution in [0.2, 0.25) is 0 Å². The Labute approximate surface area is 642 Å². The molecule has 2 atom stereocenters. The molecule has 0 spiro atoms. The van der Waals surface area contributed by atoms with Gasteiger partial charge in [-0.15, -0.1) is 0 Å². The number of fused-ring (bicyclic) bond motifs is 4. The maximum atomic E-state index is 15.6. The molecule has 3 N–H and O–H groups in total. The molecule has 0 saturated heterocycles. The third kappa shape index (κ3) is 16.8. The zero-order valence-corrected chi connectivity index (χ0v) is 62.4. The van der Waals surface area contributed by atoms with Crippen LogP contribution in [-0.4, -0.2) is 80.1 Å². The second kappa shape index (κ2) is 33.0. The Kier molecular flexibility index (Phi) is 21.9. The van der Waals surface area contributed by atoms with E-state index in [9.17, 15) is 14.4 Å². The molecule has 0 unspecified atom stereocenters. The topological polar surface area (TPSA) is 206 Å². The first-order valence-corrected chi connectivity index (χ1v) is 37.4. The summed E-state index contributed by atoms with van der Waals surface area (Å²) >= 11 is 0. The number of nitrogens with one attached hydrogen (secondary N) is 3. The van der Waals surface area contributed by atoms with Gasteiger partial charge in [-0.25, -0.2) is 28.3 Å². The number of hydrogen-bond acceptors (Lipinski definition) is 13. The summed E-state index contributed by atoms with van der Waals surface area (Å²) in [6.45, 7) is 11.8. The molecule has 0 saturated carbocycles. The summed E-state index contributed by atoms with van der Waals surface area (Å²) in [7, 11) is 0. The number of aromatic amines is 2. The number of aryl methyl sites for hydroxylation is 2. The van der Waals surface area contributed by atoms with Crippen LogP contribution in [0.25, 0.3) is 67.1 Å². The van der Waals surface area contributed by atoms with Crippen LogP contribution in [0.3, 0.4) is 0 Å². The second-order valence-electron chi connectivity index (χ2n) is 28.8. The van der Waals surface area contributed by atoms with Crippen molar-refractivity contribution in [2.75, 3.05) is 0 Å². The average Bonchev–Trinajstić information content (AvgIpc) is 1.60. The highest BCUT2D eigenvalue weighted by molar-refractivity contribution is 5.96. The molecule has 111 heavy (non-hydrogen) atoms. The van der Waals surface area contributed by atoms with Gasteiger partial charge in [0.1, 0.15) is 55.5 Å². The number of hydrogen-bond donors (Lipinski definition) is 3. The zero-order valence-electron chi connectivity index (χ0n) is 62.4.